The number of nitrogens with two attached hydrogens (primary N) is 2. The Labute approximate surface area is 87.6 Å². The summed E-state index contributed by atoms with van der Waals surface area (Å²) < 4.78 is 4.46. The van der Waals surface area contributed by atoms with Crippen molar-refractivity contribution in [1.82, 2.24) is 0 Å². The highest BCUT2D eigenvalue weighted by molar-refractivity contribution is 5.64. The van der Waals surface area contributed by atoms with Crippen LogP contribution in [0.3, 0.4) is 0 Å². The SMILES string of the molecule is NC(=O)OCC(O)C(N)c1ccccc1. The van der Waals surface area contributed by atoms with Gasteiger partial charge in [0.2, 0.25) is 0 Å². The first-order chi connectivity index (χ1) is 7.11. The van der Waals surface area contributed by atoms with E-state index in [2.05, 4.69) is 4.74 Å². The van der Waals surface area contributed by atoms with E-state index in [0.717, 1.165) is 5.56 Å². The molecule has 1 rings (SSSR count). The van der Waals surface area contributed by atoms with Crippen molar-refractivity contribution in [2.24, 2.45) is 11.5 Å². The first-order valence-corrected chi connectivity index (χ1v) is 4.52. The number of aliphatic hydroxyl groups excluding tert-OH is 1. The topological polar surface area (TPSA) is 98.6 Å². The smallest absolute Gasteiger partial charge is 0.404 e. The van der Waals surface area contributed by atoms with Crippen molar-refractivity contribution in [3.05, 3.63) is 35.9 Å². The van der Waals surface area contributed by atoms with Gasteiger partial charge in [0.1, 0.15) is 12.7 Å². The van der Waals surface area contributed by atoms with E-state index in [-0.39, 0.29) is 6.61 Å². The van der Waals surface area contributed by atoms with Gasteiger partial charge in [-0.25, -0.2) is 4.79 Å². The standard InChI is InChI=1S/C10H14N2O3/c11-9(7-4-2-1-3-5-7)8(13)6-15-10(12)14/h1-5,8-9,13H,6,11H2,(H2,12,14). The van der Waals surface area contributed by atoms with E-state index in [1.807, 2.05) is 18.2 Å². The van der Waals surface area contributed by atoms with Crippen molar-refractivity contribution >= 4 is 6.09 Å². The Balaban J connectivity index is 2.53. The highest BCUT2D eigenvalue weighted by Gasteiger charge is 2.17. The van der Waals surface area contributed by atoms with Crippen LogP contribution in [0.2, 0.25) is 0 Å². The van der Waals surface area contributed by atoms with Crippen LogP contribution in [0.15, 0.2) is 30.3 Å². The molecule has 0 radical (unpaired) electrons. The summed E-state index contributed by atoms with van der Waals surface area (Å²) in [5.74, 6) is 0. The van der Waals surface area contributed by atoms with Crippen LogP contribution >= 0.6 is 0 Å². The van der Waals surface area contributed by atoms with Crippen LogP contribution in [0.5, 0.6) is 0 Å². The third kappa shape index (κ3) is 3.57. The van der Waals surface area contributed by atoms with E-state index in [9.17, 15) is 9.90 Å². The minimum Gasteiger partial charge on any atom is -0.447 e. The average Bonchev–Trinajstić information content (AvgIpc) is 2.26. The molecule has 5 nitrogen and oxygen atoms in total. The molecule has 15 heavy (non-hydrogen) atoms. The van der Waals surface area contributed by atoms with E-state index >= 15 is 0 Å². The second-order valence-electron chi connectivity index (χ2n) is 3.13. The molecule has 0 spiro atoms. The van der Waals surface area contributed by atoms with Crippen molar-refractivity contribution in [2.75, 3.05) is 6.61 Å². The maximum Gasteiger partial charge on any atom is 0.404 e. The number of primary amides is 1. The van der Waals surface area contributed by atoms with Gasteiger partial charge in [-0.3, -0.25) is 0 Å². The fourth-order valence-corrected chi connectivity index (χ4v) is 1.17. The van der Waals surface area contributed by atoms with Gasteiger partial charge in [-0.15, -0.1) is 0 Å². The van der Waals surface area contributed by atoms with Gasteiger partial charge in [0, 0.05) is 0 Å². The molecule has 5 heteroatoms. The number of amides is 1. The normalized spacial score (nSPS) is 14.3. The van der Waals surface area contributed by atoms with Crippen molar-refractivity contribution in [1.29, 1.82) is 0 Å². The molecule has 2 unspecified atom stereocenters. The van der Waals surface area contributed by atoms with Crippen LogP contribution in [0.4, 0.5) is 4.79 Å². The Bertz CT molecular complexity index is 316. The average molecular weight is 210 g/mol. The Morgan fingerprint density at radius 2 is 2.00 bits per heavy atom. The summed E-state index contributed by atoms with van der Waals surface area (Å²) in [6, 6.07) is 8.47. The summed E-state index contributed by atoms with van der Waals surface area (Å²) in [7, 11) is 0. The molecular weight excluding hydrogens is 196 g/mol. The number of carbonyl (C=O) groups is 1. The number of carbonyl (C=O) groups excluding carboxylic acids is 1. The molecule has 0 aliphatic carbocycles. The van der Waals surface area contributed by atoms with Crippen LogP contribution < -0.4 is 11.5 Å². The molecule has 0 saturated heterocycles. The highest BCUT2D eigenvalue weighted by atomic mass is 16.6. The highest BCUT2D eigenvalue weighted by Crippen LogP contribution is 2.13. The van der Waals surface area contributed by atoms with Gasteiger partial charge >= 0.3 is 6.09 Å². The van der Waals surface area contributed by atoms with Crippen LogP contribution in [0.1, 0.15) is 11.6 Å². The Hall–Kier alpha value is -1.59. The van der Waals surface area contributed by atoms with E-state index in [4.69, 9.17) is 11.5 Å². The maximum atomic E-state index is 10.3. The third-order valence-electron chi connectivity index (χ3n) is 2.00. The van der Waals surface area contributed by atoms with Crippen molar-refractivity contribution in [3.8, 4) is 0 Å². The number of ether oxygens (including phenoxy) is 1. The van der Waals surface area contributed by atoms with Gasteiger partial charge in [-0.1, -0.05) is 30.3 Å². The quantitative estimate of drug-likeness (QED) is 0.658. The van der Waals surface area contributed by atoms with E-state index in [1.54, 1.807) is 12.1 Å². The molecule has 0 saturated carbocycles. The zero-order valence-corrected chi connectivity index (χ0v) is 8.17. The summed E-state index contributed by atoms with van der Waals surface area (Å²) in [5.41, 5.74) is 11.3. The second-order valence-corrected chi connectivity index (χ2v) is 3.13. The molecule has 1 amide bonds. The lowest BCUT2D eigenvalue weighted by molar-refractivity contribution is 0.0573. The van der Waals surface area contributed by atoms with E-state index in [1.165, 1.54) is 0 Å². The summed E-state index contributed by atoms with van der Waals surface area (Å²) in [4.78, 5) is 10.3. The van der Waals surface area contributed by atoms with Crippen LogP contribution in [0.25, 0.3) is 0 Å². The summed E-state index contributed by atoms with van der Waals surface area (Å²) in [6.07, 6.45) is -1.88. The van der Waals surface area contributed by atoms with Crippen molar-refractivity contribution in [3.63, 3.8) is 0 Å². The molecular formula is C10H14N2O3. The number of rotatable bonds is 4. The number of benzene rings is 1. The lowest BCUT2D eigenvalue weighted by atomic mass is 10.0. The molecule has 1 aromatic carbocycles. The van der Waals surface area contributed by atoms with Gasteiger partial charge in [-0.2, -0.15) is 0 Å². The molecule has 0 heterocycles. The van der Waals surface area contributed by atoms with Gasteiger partial charge in [-0.05, 0) is 5.56 Å². The lowest BCUT2D eigenvalue weighted by Crippen LogP contribution is -2.32. The molecule has 82 valence electrons. The Morgan fingerprint density at radius 1 is 1.40 bits per heavy atom. The number of hydrogen-bond acceptors (Lipinski definition) is 4. The van der Waals surface area contributed by atoms with Crippen molar-refractivity contribution < 1.29 is 14.6 Å². The second kappa shape index (κ2) is 5.33. The maximum absolute atomic E-state index is 10.3. The first-order valence-electron chi connectivity index (χ1n) is 4.52. The summed E-state index contributed by atoms with van der Waals surface area (Å²) in [5, 5.41) is 9.56. The summed E-state index contributed by atoms with van der Waals surface area (Å²) in [6.45, 7) is -0.203. The monoisotopic (exact) mass is 210 g/mol. The molecule has 1 aromatic rings. The Morgan fingerprint density at radius 3 is 2.53 bits per heavy atom. The predicted octanol–water partition coefficient (Wildman–Crippen LogP) is 0.143. The first kappa shape index (κ1) is 11.5. The van der Waals surface area contributed by atoms with Crippen LogP contribution in [-0.4, -0.2) is 23.9 Å². The Kier molecular flexibility index (Phi) is 4.08. The molecule has 0 bridgehead atoms. The molecule has 0 aromatic heterocycles. The molecule has 5 N–H and O–H groups in total. The molecule has 0 aliphatic heterocycles. The van der Waals surface area contributed by atoms with Gasteiger partial charge < -0.3 is 21.3 Å². The zero-order chi connectivity index (χ0) is 11.3. The van der Waals surface area contributed by atoms with E-state index in [0.29, 0.717) is 0 Å². The van der Waals surface area contributed by atoms with E-state index < -0.39 is 18.2 Å². The molecule has 0 aliphatic rings. The summed E-state index contributed by atoms with van der Waals surface area (Å²) >= 11 is 0. The fourth-order valence-electron chi connectivity index (χ4n) is 1.17. The lowest BCUT2D eigenvalue weighted by Gasteiger charge is -2.18. The number of aliphatic hydroxyl groups is 1. The third-order valence-corrected chi connectivity index (χ3v) is 2.00. The van der Waals surface area contributed by atoms with Gasteiger partial charge in [0.05, 0.1) is 6.04 Å². The number of hydrogen-bond donors (Lipinski definition) is 3. The zero-order valence-electron chi connectivity index (χ0n) is 8.17. The van der Waals surface area contributed by atoms with Crippen LogP contribution in [-0.2, 0) is 4.74 Å². The minimum absolute atomic E-state index is 0.203. The fraction of sp³-hybridized carbons (Fsp3) is 0.300. The van der Waals surface area contributed by atoms with Crippen molar-refractivity contribution in [2.45, 2.75) is 12.1 Å². The van der Waals surface area contributed by atoms with Gasteiger partial charge in [0.15, 0.2) is 0 Å². The predicted molar refractivity (Wildman–Crippen MR) is 54.9 cm³/mol. The van der Waals surface area contributed by atoms with Gasteiger partial charge in [0.25, 0.3) is 0 Å². The molecule has 0 fully saturated rings. The largest absolute Gasteiger partial charge is 0.447 e. The van der Waals surface area contributed by atoms with Crippen LogP contribution in [0, 0.1) is 0 Å². The molecule has 2 atom stereocenters. The minimum atomic E-state index is -0.958.